The molecule has 0 aliphatic carbocycles. The van der Waals surface area contributed by atoms with Crippen molar-refractivity contribution in [2.24, 2.45) is 5.92 Å². The lowest BCUT2D eigenvalue weighted by molar-refractivity contribution is -0.140. The van der Waals surface area contributed by atoms with Crippen molar-refractivity contribution in [2.75, 3.05) is 0 Å². The van der Waals surface area contributed by atoms with E-state index in [0.717, 1.165) is 5.56 Å². The Kier molecular flexibility index (Phi) is 5.34. The molecule has 1 aromatic carbocycles. The van der Waals surface area contributed by atoms with Crippen molar-refractivity contribution in [2.45, 2.75) is 32.9 Å². The van der Waals surface area contributed by atoms with E-state index in [1.54, 1.807) is 18.2 Å². The lowest BCUT2D eigenvalue weighted by Gasteiger charge is -2.16. The van der Waals surface area contributed by atoms with Gasteiger partial charge in [0.2, 0.25) is 0 Å². The molecule has 4 heteroatoms. The first-order valence-electron chi connectivity index (χ1n) is 5.98. The van der Waals surface area contributed by atoms with Crippen molar-refractivity contribution in [3.63, 3.8) is 0 Å². The van der Waals surface area contributed by atoms with Crippen LogP contribution in [-0.4, -0.2) is 17.1 Å². The highest BCUT2D eigenvalue weighted by Gasteiger charge is 2.17. The van der Waals surface area contributed by atoms with E-state index in [0.29, 0.717) is 24.4 Å². The predicted octanol–water partition coefficient (Wildman–Crippen LogP) is 2.15. The van der Waals surface area contributed by atoms with Gasteiger partial charge in [-0.05, 0) is 30.0 Å². The molecule has 96 valence electrons. The predicted molar refractivity (Wildman–Crippen MR) is 68.9 cm³/mol. The Hall–Kier alpha value is -1.86. The van der Waals surface area contributed by atoms with Gasteiger partial charge in [0, 0.05) is 6.54 Å². The molecule has 2 N–H and O–H groups in total. The van der Waals surface area contributed by atoms with E-state index >= 15 is 0 Å². The van der Waals surface area contributed by atoms with Gasteiger partial charge in [0.1, 0.15) is 6.04 Å². The molecule has 0 aliphatic heterocycles. The normalized spacial score (nSPS) is 12.1. The van der Waals surface area contributed by atoms with E-state index in [1.165, 1.54) is 0 Å². The first-order chi connectivity index (χ1) is 8.52. The number of nitriles is 1. The lowest BCUT2D eigenvalue weighted by atomic mass is 10.0. The van der Waals surface area contributed by atoms with Crippen molar-refractivity contribution in [3.05, 3.63) is 35.4 Å². The van der Waals surface area contributed by atoms with Gasteiger partial charge in [-0.3, -0.25) is 4.79 Å². The molecule has 0 aliphatic rings. The van der Waals surface area contributed by atoms with Gasteiger partial charge < -0.3 is 10.4 Å². The summed E-state index contributed by atoms with van der Waals surface area (Å²) in [5.41, 5.74) is 1.51. The Morgan fingerprint density at radius 1 is 1.50 bits per heavy atom. The average molecular weight is 246 g/mol. The van der Waals surface area contributed by atoms with Crippen molar-refractivity contribution in [1.82, 2.24) is 5.32 Å². The van der Waals surface area contributed by atoms with E-state index in [4.69, 9.17) is 10.4 Å². The van der Waals surface area contributed by atoms with Crippen molar-refractivity contribution in [3.8, 4) is 6.07 Å². The maximum Gasteiger partial charge on any atom is 0.320 e. The lowest BCUT2D eigenvalue weighted by Crippen LogP contribution is -2.37. The highest BCUT2D eigenvalue weighted by Crippen LogP contribution is 2.08. The second kappa shape index (κ2) is 6.77. The summed E-state index contributed by atoms with van der Waals surface area (Å²) in [5, 5.41) is 20.9. The van der Waals surface area contributed by atoms with Gasteiger partial charge in [0.05, 0.1) is 11.6 Å². The third-order valence-electron chi connectivity index (χ3n) is 2.61. The summed E-state index contributed by atoms with van der Waals surface area (Å²) in [6.45, 7) is 4.45. The zero-order valence-corrected chi connectivity index (χ0v) is 10.7. The fraction of sp³-hybridized carbons (Fsp3) is 0.429. The Balaban J connectivity index is 2.61. The molecular weight excluding hydrogens is 228 g/mol. The summed E-state index contributed by atoms with van der Waals surface area (Å²) in [4.78, 5) is 11.1. The summed E-state index contributed by atoms with van der Waals surface area (Å²) in [6, 6.07) is 8.69. The van der Waals surface area contributed by atoms with Gasteiger partial charge in [0.25, 0.3) is 0 Å². The summed E-state index contributed by atoms with van der Waals surface area (Å²) in [7, 11) is 0. The second-order valence-electron chi connectivity index (χ2n) is 4.71. The minimum absolute atomic E-state index is 0.323. The summed E-state index contributed by atoms with van der Waals surface area (Å²) >= 11 is 0. The first-order valence-corrected chi connectivity index (χ1v) is 5.98. The zero-order chi connectivity index (χ0) is 13.5. The highest BCUT2D eigenvalue weighted by atomic mass is 16.4. The largest absolute Gasteiger partial charge is 0.480 e. The Labute approximate surface area is 107 Å². The second-order valence-corrected chi connectivity index (χ2v) is 4.71. The van der Waals surface area contributed by atoms with Gasteiger partial charge in [-0.2, -0.15) is 5.26 Å². The molecule has 0 heterocycles. The minimum atomic E-state index is -0.833. The number of nitrogens with one attached hydrogen (secondary N) is 1. The number of rotatable bonds is 6. The monoisotopic (exact) mass is 246 g/mol. The smallest absolute Gasteiger partial charge is 0.320 e. The van der Waals surface area contributed by atoms with Crippen molar-refractivity contribution >= 4 is 5.97 Å². The number of carbonyl (C=O) groups is 1. The van der Waals surface area contributed by atoms with Crippen LogP contribution in [0.1, 0.15) is 31.4 Å². The number of carboxylic acids is 1. The molecule has 4 nitrogen and oxygen atoms in total. The van der Waals surface area contributed by atoms with Gasteiger partial charge in [0.15, 0.2) is 0 Å². The van der Waals surface area contributed by atoms with Crippen LogP contribution in [0.4, 0.5) is 0 Å². The van der Waals surface area contributed by atoms with E-state index in [9.17, 15) is 4.79 Å². The molecule has 1 atom stereocenters. The van der Waals surface area contributed by atoms with E-state index < -0.39 is 12.0 Å². The fourth-order valence-corrected chi connectivity index (χ4v) is 1.73. The number of carboxylic acid groups (broad SMARTS) is 1. The molecule has 0 bridgehead atoms. The van der Waals surface area contributed by atoms with E-state index in [1.807, 2.05) is 19.9 Å². The third-order valence-corrected chi connectivity index (χ3v) is 2.61. The van der Waals surface area contributed by atoms with Crippen LogP contribution in [0.2, 0.25) is 0 Å². The highest BCUT2D eigenvalue weighted by molar-refractivity contribution is 5.73. The summed E-state index contributed by atoms with van der Waals surface area (Å²) < 4.78 is 0. The Morgan fingerprint density at radius 2 is 2.22 bits per heavy atom. The van der Waals surface area contributed by atoms with Crippen LogP contribution in [0.25, 0.3) is 0 Å². The number of benzene rings is 1. The number of hydrogen-bond donors (Lipinski definition) is 2. The van der Waals surface area contributed by atoms with Crippen LogP contribution in [0.15, 0.2) is 24.3 Å². The van der Waals surface area contributed by atoms with Crippen LogP contribution < -0.4 is 5.32 Å². The Bertz CT molecular complexity index is 449. The zero-order valence-electron chi connectivity index (χ0n) is 10.7. The molecular formula is C14H18N2O2. The average Bonchev–Trinajstić information content (AvgIpc) is 2.34. The quantitative estimate of drug-likeness (QED) is 0.806. The van der Waals surface area contributed by atoms with E-state index in [-0.39, 0.29) is 0 Å². The molecule has 0 fully saturated rings. The molecule has 18 heavy (non-hydrogen) atoms. The SMILES string of the molecule is CC(C)CC(NCc1cccc(C#N)c1)C(=O)O. The van der Waals surface area contributed by atoms with Gasteiger partial charge in [-0.15, -0.1) is 0 Å². The van der Waals surface area contributed by atoms with Gasteiger partial charge >= 0.3 is 5.97 Å². The standard InChI is InChI=1S/C14H18N2O2/c1-10(2)6-13(14(17)18)16-9-12-5-3-4-11(7-12)8-15/h3-5,7,10,13,16H,6,9H2,1-2H3,(H,17,18). The molecule has 0 spiro atoms. The maximum atomic E-state index is 11.1. The van der Waals surface area contributed by atoms with Crippen LogP contribution >= 0.6 is 0 Å². The number of nitrogens with zero attached hydrogens (tertiary/aromatic N) is 1. The first kappa shape index (κ1) is 14.2. The molecule has 0 saturated carbocycles. The molecule has 1 rings (SSSR count). The molecule has 0 amide bonds. The third kappa shape index (κ3) is 4.56. The summed E-state index contributed by atoms with van der Waals surface area (Å²) in [5.74, 6) is -0.510. The summed E-state index contributed by atoms with van der Waals surface area (Å²) in [6.07, 6.45) is 0.591. The van der Waals surface area contributed by atoms with E-state index in [2.05, 4.69) is 11.4 Å². The van der Waals surface area contributed by atoms with Crippen molar-refractivity contribution < 1.29 is 9.90 Å². The van der Waals surface area contributed by atoms with Gasteiger partial charge in [-0.1, -0.05) is 26.0 Å². The molecule has 0 radical (unpaired) electrons. The molecule has 0 saturated heterocycles. The van der Waals surface area contributed by atoms with Crippen LogP contribution in [0.5, 0.6) is 0 Å². The number of aliphatic carboxylic acids is 1. The molecule has 1 aromatic rings. The van der Waals surface area contributed by atoms with Crippen molar-refractivity contribution in [1.29, 1.82) is 5.26 Å². The van der Waals surface area contributed by atoms with Crippen LogP contribution in [0, 0.1) is 17.2 Å². The van der Waals surface area contributed by atoms with Crippen LogP contribution in [0.3, 0.4) is 0 Å². The minimum Gasteiger partial charge on any atom is -0.480 e. The van der Waals surface area contributed by atoms with Crippen LogP contribution in [-0.2, 0) is 11.3 Å². The fourth-order valence-electron chi connectivity index (χ4n) is 1.73. The molecule has 0 aromatic heterocycles. The Morgan fingerprint density at radius 3 is 2.78 bits per heavy atom. The number of hydrogen-bond acceptors (Lipinski definition) is 3. The topological polar surface area (TPSA) is 73.1 Å². The maximum absolute atomic E-state index is 11.1. The molecule has 1 unspecified atom stereocenters. The van der Waals surface area contributed by atoms with Gasteiger partial charge in [-0.25, -0.2) is 0 Å².